The molecule has 0 aliphatic rings. The largest absolute Gasteiger partial charge is 0.474 e. The molecule has 9 heteroatoms. The Morgan fingerprint density at radius 1 is 1.34 bits per heavy atom. The predicted octanol–water partition coefficient (Wildman–Crippen LogP) is 3.23. The highest BCUT2D eigenvalue weighted by molar-refractivity contribution is 5.95. The minimum Gasteiger partial charge on any atom is -0.474 e. The third kappa shape index (κ3) is 5.72. The van der Waals surface area contributed by atoms with E-state index in [-0.39, 0.29) is 25.9 Å². The molecule has 29 heavy (non-hydrogen) atoms. The number of benzene rings is 1. The van der Waals surface area contributed by atoms with Crippen molar-refractivity contribution in [2.45, 2.75) is 26.2 Å². The Morgan fingerprint density at radius 2 is 2.14 bits per heavy atom. The third-order valence-corrected chi connectivity index (χ3v) is 4.07. The second-order valence-electron chi connectivity index (χ2n) is 6.36. The number of aliphatic imine (C=N–C) groups is 1. The van der Waals surface area contributed by atoms with Gasteiger partial charge in [0.25, 0.3) is 0 Å². The van der Waals surface area contributed by atoms with Crippen molar-refractivity contribution in [1.29, 1.82) is 0 Å². The van der Waals surface area contributed by atoms with Crippen LogP contribution in [0, 0.1) is 0 Å². The number of aliphatic hydroxyl groups is 1. The number of pyridine rings is 1. The van der Waals surface area contributed by atoms with Crippen LogP contribution < -0.4 is 10.1 Å². The summed E-state index contributed by atoms with van der Waals surface area (Å²) in [5, 5.41) is 19.7. The van der Waals surface area contributed by atoms with Crippen LogP contribution in [0.1, 0.15) is 25.5 Å². The summed E-state index contributed by atoms with van der Waals surface area (Å²) >= 11 is 0. The molecule has 0 aliphatic carbocycles. The van der Waals surface area contributed by atoms with E-state index in [0.717, 1.165) is 11.1 Å². The Morgan fingerprint density at radius 3 is 2.86 bits per heavy atom. The summed E-state index contributed by atoms with van der Waals surface area (Å²) in [5.74, 6) is 1.57. The van der Waals surface area contributed by atoms with Crippen molar-refractivity contribution in [3.05, 3.63) is 48.2 Å². The molecule has 0 bridgehead atoms. The second-order valence-corrected chi connectivity index (χ2v) is 6.36. The van der Waals surface area contributed by atoms with Crippen LogP contribution in [-0.4, -0.2) is 52.3 Å². The first-order chi connectivity index (χ1) is 14.1. The van der Waals surface area contributed by atoms with Gasteiger partial charge in [0.2, 0.25) is 5.88 Å². The van der Waals surface area contributed by atoms with Gasteiger partial charge in [0.15, 0.2) is 6.36 Å². The van der Waals surface area contributed by atoms with Gasteiger partial charge >= 0.3 is 0 Å². The number of fused-ring (bicyclic) bond motifs is 1. The quantitative estimate of drug-likeness (QED) is 0.376. The molecule has 0 radical (unpaired) electrons. The molecule has 0 spiro atoms. The fourth-order valence-electron chi connectivity index (χ4n) is 2.77. The maximum absolute atomic E-state index is 13.2. The van der Waals surface area contributed by atoms with Crippen molar-refractivity contribution in [3.63, 3.8) is 0 Å². The SMILES string of the molecule is CC(=NC(COC(C)F)c1ccccc1)Nc1cc2[nH]nc(OCCO)c2cn1. The molecule has 2 aromatic heterocycles. The summed E-state index contributed by atoms with van der Waals surface area (Å²) in [4.78, 5) is 8.99. The Hall–Kier alpha value is -3.04. The molecular weight excluding hydrogens is 377 g/mol. The van der Waals surface area contributed by atoms with Gasteiger partial charge in [-0.3, -0.25) is 10.1 Å². The molecule has 0 saturated heterocycles. The van der Waals surface area contributed by atoms with Crippen LogP contribution in [0.3, 0.4) is 0 Å². The van der Waals surface area contributed by atoms with Gasteiger partial charge in [-0.25, -0.2) is 9.37 Å². The number of rotatable bonds is 9. The molecule has 3 N–H and O–H groups in total. The minimum absolute atomic E-state index is 0.0927. The van der Waals surface area contributed by atoms with E-state index in [9.17, 15) is 4.39 Å². The van der Waals surface area contributed by atoms with E-state index in [1.54, 1.807) is 12.3 Å². The lowest BCUT2D eigenvalue weighted by molar-refractivity contribution is -0.0301. The van der Waals surface area contributed by atoms with E-state index >= 15 is 0 Å². The molecule has 154 valence electrons. The van der Waals surface area contributed by atoms with Crippen molar-refractivity contribution in [1.82, 2.24) is 15.2 Å². The van der Waals surface area contributed by atoms with Crippen LogP contribution in [0.25, 0.3) is 10.9 Å². The first-order valence-electron chi connectivity index (χ1n) is 9.26. The predicted molar refractivity (Wildman–Crippen MR) is 109 cm³/mol. The van der Waals surface area contributed by atoms with Gasteiger partial charge in [0.1, 0.15) is 18.5 Å². The van der Waals surface area contributed by atoms with Gasteiger partial charge in [0.05, 0.1) is 30.0 Å². The van der Waals surface area contributed by atoms with Crippen LogP contribution in [0.4, 0.5) is 10.2 Å². The molecule has 2 heterocycles. The van der Waals surface area contributed by atoms with Crippen molar-refractivity contribution in [2.24, 2.45) is 4.99 Å². The molecule has 8 nitrogen and oxygen atoms in total. The summed E-state index contributed by atoms with van der Waals surface area (Å²) < 4.78 is 23.7. The number of alkyl halides is 1. The fraction of sp³-hybridized carbons (Fsp3) is 0.350. The highest BCUT2D eigenvalue weighted by Gasteiger charge is 2.13. The number of amidine groups is 1. The Balaban J connectivity index is 1.75. The van der Waals surface area contributed by atoms with E-state index in [1.165, 1.54) is 6.92 Å². The number of nitrogens with one attached hydrogen (secondary N) is 2. The molecule has 2 atom stereocenters. The van der Waals surface area contributed by atoms with Crippen LogP contribution in [0.5, 0.6) is 5.88 Å². The molecule has 0 amide bonds. The summed E-state index contributed by atoms with van der Waals surface area (Å²) in [5.41, 5.74) is 1.66. The average molecular weight is 401 g/mol. The number of halogens is 1. The number of ether oxygens (including phenoxy) is 2. The van der Waals surface area contributed by atoms with Gasteiger partial charge < -0.3 is 19.9 Å². The lowest BCUT2D eigenvalue weighted by atomic mass is 10.1. The van der Waals surface area contributed by atoms with Gasteiger partial charge in [-0.1, -0.05) is 30.3 Å². The number of anilines is 1. The summed E-state index contributed by atoms with van der Waals surface area (Å²) in [6, 6.07) is 11.0. The Bertz CT molecular complexity index is 946. The maximum atomic E-state index is 13.2. The van der Waals surface area contributed by atoms with Gasteiger partial charge in [-0.05, 0) is 19.4 Å². The van der Waals surface area contributed by atoms with Crippen molar-refractivity contribution in [2.75, 3.05) is 25.1 Å². The first-order valence-corrected chi connectivity index (χ1v) is 9.26. The number of hydrogen-bond acceptors (Lipinski definition) is 6. The smallest absolute Gasteiger partial charge is 0.242 e. The highest BCUT2D eigenvalue weighted by atomic mass is 19.1. The van der Waals surface area contributed by atoms with E-state index in [4.69, 9.17) is 14.6 Å². The summed E-state index contributed by atoms with van der Waals surface area (Å²) in [6.45, 7) is 3.35. The minimum atomic E-state index is -1.36. The van der Waals surface area contributed by atoms with Gasteiger partial charge in [-0.15, -0.1) is 5.10 Å². The van der Waals surface area contributed by atoms with Gasteiger partial charge in [0, 0.05) is 12.3 Å². The monoisotopic (exact) mass is 401 g/mol. The third-order valence-electron chi connectivity index (χ3n) is 4.07. The van der Waals surface area contributed by atoms with Crippen LogP contribution in [-0.2, 0) is 4.74 Å². The number of hydrogen-bond donors (Lipinski definition) is 3. The molecular formula is C20H24FN5O3. The molecule has 3 aromatic rings. The molecule has 1 aromatic carbocycles. The zero-order chi connectivity index (χ0) is 20.6. The molecule has 2 unspecified atom stereocenters. The molecule has 0 saturated carbocycles. The summed E-state index contributed by atoms with van der Waals surface area (Å²) in [7, 11) is 0. The summed E-state index contributed by atoms with van der Waals surface area (Å²) in [6.07, 6.45) is 0.264. The zero-order valence-electron chi connectivity index (χ0n) is 16.3. The lowest BCUT2D eigenvalue weighted by Gasteiger charge is -2.16. The second kappa shape index (κ2) is 9.94. The average Bonchev–Trinajstić information content (AvgIpc) is 3.12. The number of H-pyrrole nitrogens is 1. The highest BCUT2D eigenvalue weighted by Crippen LogP contribution is 2.24. The van der Waals surface area contributed by atoms with Crippen molar-refractivity contribution >= 4 is 22.6 Å². The van der Waals surface area contributed by atoms with E-state index in [2.05, 4.69) is 25.5 Å². The standard InChI is InChI=1S/C20H24FN5O3/c1-13(21)29-12-18(15-6-4-3-5-7-15)23-14(2)24-19-10-17-16(11-22-19)20(26-25-17)28-9-8-27/h3-7,10-11,13,18,27H,8-9,12H2,1-2H3,(H,25,26)(H,22,23,24). The lowest BCUT2D eigenvalue weighted by Crippen LogP contribution is -2.15. The number of aromatic nitrogens is 3. The number of aliphatic hydroxyl groups excluding tert-OH is 1. The number of nitrogens with zero attached hydrogens (tertiary/aromatic N) is 3. The number of aromatic amines is 1. The van der Waals surface area contributed by atoms with E-state index in [0.29, 0.717) is 22.9 Å². The topological polar surface area (TPSA) is 105 Å². The normalized spacial score (nSPS) is 14.0. The van der Waals surface area contributed by atoms with E-state index < -0.39 is 6.36 Å². The van der Waals surface area contributed by atoms with Crippen LogP contribution in [0.15, 0.2) is 47.6 Å². The maximum Gasteiger partial charge on any atom is 0.242 e. The Kier molecular flexibility index (Phi) is 7.09. The molecule has 3 rings (SSSR count). The van der Waals surface area contributed by atoms with Crippen molar-refractivity contribution < 1.29 is 19.0 Å². The molecule has 0 aliphatic heterocycles. The van der Waals surface area contributed by atoms with Crippen LogP contribution in [0.2, 0.25) is 0 Å². The fourth-order valence-corrected chi connectivity index (χ4v) is 2.77. The first kappa shape index (κ1) is 20.7. The van der Waals surface area contributed by atoms with E-state index in [1.807, 2.05) is 37.3 Å². The Labute approximate surface area is 167 Å². The van der Waals surface area contributed by atoms with Gasteiger partial charge in [-0.2, -0.15) is 0 Å². The zero-order valence-corrected chi connectivity index (χ0v) is 16.3. The van der Waals surface area contributed by atoms with Crippen LogP contribution >= 0.6 is 0 Å². The molecule has 0 fully saturated rings. The van der Waals surface area contributed by atoms with Crippen molar-refractivity contribution in [3.8, 4) is 5.88 Å².